The second-order valence-corrected chi connectivity index (χ2v) is 12.8. The largest absolute Gasteiger partial charge is 0.508 e. The fourth-order valence-electron chi connectivity index (χ4n) is 7.11. The summed E-state index contributed by atoms with van der Waals surface area (Å²) in [5, 5.41) is 13.6. The minimum atomic E-state index is -1.25. The standard InChI is InChI=1S/C26H40N2O3S/c1-18-6-7-23-25(2,3)8-5-9-26(23,4)22(18)17-32(31)21-15-19(14-20(29)16-21)24(30)28-12-10-27-11-13-28/h14-16,18,22-23,27,29H,5-13,17H2,1-4H3. The lowest BCUT2D eigenvalue weighted by atomic mass is 9.47. The molecule has 1 aliphatic heterocycles. The highest BCUT2D eigenvalue weighted by Gasteiger charge is 2.53. The number of nitrogens with zero attached hydrogens (tertiary/aromatic N) is 1. The van der Waals surface area contributed by atoms with E-state index < -0.39 is 10.8 Å². The van der Waals surface area contributed by atoms with E-state index in [2.05, 4.69) is 33.0 Å². The van der Waals surface area contributed by atoms with Crippen LogP contribution in [0.2, 0.25) is 0 Å². The van der Waals surface area contributed by atoms with Crippen LogP contribution < -0.4 is 5.32 Å². The molecule has 1 heterocycles. The Kier molecular flexibility index (Phi) is 6.75. The van der Waals surface area contributed by atoms with Crippen LogP contribution >= 0.6 is 0 Å². The summed E-state index contributed by atoms with van der Waals surface area (Å²) in [6, 6.07) is 4.84. The summed E-state index contributed by atoms with van der Waals surface area (Å²) in [4.78, 5) is 15.3. The fourth-order valence-corrected chi connectivity index (χ4v) is 8.85. The van der Waals surface area contributed by atoms with Gasteiger partial charge in [0.2, 0.25) is 0 Å². The van der Waals surface area contributed by atoms with E-state index >= 15 is 0 Å². The second kappa shape index (κ2) is 9.09. The highest BCUT2D eigenvalue weighted by Crippen LogP contribution is 2.61. The van der Waals surface area contributed by atoms with Crippen LogP contribution in [0.5, 0.6) is 5.75 Å². The third-order valence-electron chi connectivity index (χ3n) is 8.86. The van der Waals surface area contributed by atoms with Crippen molar-refractivity contribution in [3.05, 3.63) is 23.8 Å². The number of phenolic OH excluding ortho intramolecular Hbond substituents is 1. The van der Waals surface area contributed by atoms with Gasteiger partial charge in [0.15, 0.2) is 0 Å². The van der Waals surface area contributed by atoms with E-state index in [1.807, 2.05) is 0 Å². The topological polar surface area (TPSA) is 69.6 Å². The summed E-state index contributed by atoms with van der Waals surface area (Å²) in [7, 11) is -1.25. The van der Waals surface area contributed by atoms with Gasteiger partial charge in [-0.05, 0) is 66.0 Å². The summed E-state index contributed by atoms with van der Waals surface area (Å²) in [5.74, 6) is 2.12. The highest BCUT2D eigenvalue weighted by atomic mass is 32.2. The summed E-state index contributed by atoms with van der Waals surface area (Å²) >= 11 is 0. The van der Waals surface area contributed by atoms with E-state index in [1.165, 1.54) is 38.2 Å². The molecule has 3 aliphatic rings. The Morgan fingerprint density at radius 1 is 1.16 bits per heavy atom. The van der Waals surface area contributed by atoms with E-state index in [-0.39, 0.29) is 17.1 Å². The number of phenols is 1. The number of fused-ring (bicyclic) bond motifs is 1. The molecule has 0 bridgehead atoms. The zero-order valence-electron chi connectivity index (χ0n) is 20.2. The SMILES string of the molecule is CC1CCC2C(C)(C)CCCC2(C)C1CS(=O)c1cc(O)cc(C(=O)N2CCNCC2)c1. The van der Waals surface area contributed by atoms with E-state index in [4.69, 9.17) is 0 Å². The van der Waals surface area contributed by atoms with Gasteiger partial charge in [-0.25, -0.2) is 0 Å². The van der Waals surface area contributed by atoms with Gasteiger partial charge in [-0.15, -0.1) is 0 Å². The molecule has 2 aliphatic carbocycles. The first-order valence-corrected chi connectivity index (χ1v) is 13.7. The summed E-state index contributed by atoms with van der Waals surface area (Å²) < 4.78 is 13.6. The number of hydrogen-bond acceptors (Lipinski definition) is 4. The van der Waals surface area contributed by atoms with Crippen molar-refractivity contribution in [3.63, 3.8) is 0 Å². The quantitative estimate of drug-likeness (QED) is 0.698. The van der Waals surface area contributed by atoms with Gasteiger partial charge in [-0.2, -0.15) is 0 Å². The van der Waals surface area contributed by atoms with Crippen LogP contribution in [0.15, 0.2) is 23.1 Å². The molecule has 4 rings (SSSR count). The molecule has 6 heteroatoms. The van der Waals surface area contributed by atoms with Crippen LogP contribution in [-0.2, 0) is 10.8 Å². The van der Waals surface area contributed by atoms with Crippen LogP contribution in [-0.4, -0.2) is 52.1 Å². The molecule has 5 unspecified atom stereocenters. The smallest absolute Gasteiger partial charge is 0.254 e. The van der Waals surface area contributed by atoms with Gasteiger partial charge >= 0.3 is 0 Å². The Bertz CT molecular complexity index is 880. The van der Waals surface area contributed by atoms with E-state index in [0.29, 0.717) is 52.5 Å². The molecule has 5 nitrogen and oxygen atoms in total. The Morgan fingerprint density at radius 3 is 2.59 bits per heavy atom. The van der Waals surface area contributed by atoms with Crippen molar-refractivity contribution < 1.29 is 14.1 Å². The molecule has 2 saturated carbocycles. The van der Waals surface area contributed by atoms with Crippen molar-refractivity contribution in [2.75, 3.05) is 31.9 Å². The van der Waals surface area contributed by atoms with Crippen molar-refractivity contribution >= 4 is 16.7 Å². The number of benzene rings is 1. The molecule has 3 fully saturated rings. The zero-order chi connectivity index (χ0) is 23.1. The van der Waals surface area contributed by atoms with E-state index in [0.717, 1.165) is 13.1 Å². The number of nitrogens with one attached hydrogen (secondary N) is 1. The van der Waals surface area contributed by atoms with Gasteiger partial charge in [0.1, 0.15) is 5.75 Å². The van der Waals surface area contributed by atoms with Gasteiger partial charge in [0.05, 0.1) is 10.8 Å². The van der Waals surface area contributed by atoms with Gasteiger partial charge < -0.3 is 15.3 Å². The lowest BCUT2D eigenvalue weighted by Gasteiger charge is -2.59. The molecule has 1 aromatic rings. The van der Waals surface area contributed by atoms with Crippen molar-refractivity contribution in [1.82, 2.24) is 10.2 Å². The number of amides is 1. The predicted octanol–water partition coefficient (Wildman–Crippen LogP) is 4.42. The molecule has 1 aromatic carbocycles. The molecule has 5 atom stereocenters. The predicted molar refractivity (Wildman–Crippen MR) is 129 cm³/mol. The number of rotatable bonds is 4. The molecule has 0 aromatic heterocycles. The maximum Gasteiger partial charge on any atom is 0.254 e. The molecule has 0 radical (unpaired) electrons. The monoisotopic (exact) mass is 460 g/mol. The normalized spacial score (nSPS) is 33.4. The maximum absolute atomic E-state index is 13.6. The Balaban J connectivity index is 1.56. The number of hydrogen-bond donors (Lipinski definition) is 2. The van der Waals surface area contributed by atoms with Crippen LogP contribution in [0.3, 0.4) is 0 Å². The molecular formula is C26H40N2O3S. The van der Waals surface area contributed by atoms with Crippen LogP contribution in [0, 0.1) is 28.6 Å². The minimum Gasteiger partial charge on any atom is -0.508 e. The molecule has 0 spiro atoms. The highest BCUT2D eigenvalue weighted by molar-refractivity contribution is 7.85. The third-order valence-corrected chi connectivity index (χ3v) is 10.3. The van der Waals surface area contributed by atoms with Crippen molar-refractivity contribution in [2.45, 2.75) is 64.7 Å². The molecule has 178 valence electrons. The molecule has 32 heavy (non-hydrogen) atoms. The number of carbonyl (C=O) groups excluding carboxylic acids is 1. The van der Waals surface area contributed by atoms with E-state index in [1.54, 1.807) is 17.0 Å². The average Bonchev–Trinajstić information content (AvgIpc) is 2.75. The van der Waals surface area contributed by atoms with Gasteiger partial charge in [0.25, 0.3) is 5.91 Å². The first kappa shape index (κ1) is 23.7. The Hall–Kier alpha value is -1.40. The van der Waals surface area contributed by atoms with Gasteiger partial charge in [-0.3, -0.25) is 9.00 Å². The fraction of sp³-hybridized carbons (Fsp3) is 0.731. The van der Waals surface area contributed by atoms with Gasteiger partial charge in [0, 0.05) is 42.4 Å². The maximum atomic E-state index is 13.6. The molecule has 1 saturated heterocycles. The summed E-state index contributed by atoms with van der Waals surface area (Å²) in [6.07, 6.45) is 6.19. The average molecular weight is 461 g/mol. The molecule has 1 amide bonds. The summed E-state index contributed by atoms with van der Waals surface area (Å²) in [5.41, 5.74) is 0.974. The lowest BCUT2D eigenvalue weighted by Crippen LogP contribution is -2.52. The van der Waals surface area contributed by atoms with E-state index in [9.17, 15) is 14.1 Å². The second-order valence-electron chi connectivity index (χ2n) is 11.3. The van der Waals surface area contributed by atoms with Crippen LogP contribution in [0.1, 0.15) is 70.2 Å². The van der Waals surface area contributed by atoms with Crippen LogP contribution in [0.25, 0.3) is 0 Å². The van der Waals surface area contributed by atoms with Crippen molar-refractivity contribution in [1.29, 1.82) is 0 Å². The molecular weight excluding hydrogens is 420 g/mol. The lowest BCUT2D eigenvalue weighted by molar-refractivity contribution is -0.0853. The van der Waals surface area contributed by atoms with Crippen LogP contribution in [0.4, 0.5) is 0 Å². The Labute approximate surface area is 195 Å². The third kappa shape index (κ3) is 4.50. The zero-order valence-corrected chi connectivity index (χ0v) is 21.0. The molecule has 2 N–H and O–H groups in total. The summed E-state index contributed by atoms with van der Waals surface area (Å²) in [6.45, 7) is 12.5. The first-order valence-electron chi connectivity index (χ1n) is 12.3. The number of piperazine rings is 1. The number of carbonyl (C=O) groups is 1. The first-order chi connectivity index (χ1) is 15.1. The van der Waals surface area contributed by atoms with Crippen molar-refractivity contribution in [2.24, 2.45) is 28.6 Å². The minimum absolute atomic E-state index is 0.0221. The Morgan fingerprint density at radius 2 is 1.88 bits per heavy atom. The van der Waals surface area contributed by atoms with Crippen molar-refractivity contribution in [3.8, 4) is 5.75 Å². The van der Waals surface area contributed by atoms with Gasteiger partial charge in [-0.1, -0.05) is 40.5 Å². The number of aromatic hydroxyl groups is 1.